The fourth-order valence-electron chi connectivity index (χ4n) is 2.44. The predicted octanol–water partition coefficient (Wildman–Crippen LogP) is 2.94. The Morgan fingerprint density at radius 2 is 2.12 bits per heavy atom. The third-order valence-corrected chi connectivity index (χ3v) is 3.44. The summed E-state index contributed by atoms with van der Waals surface area (Å²) in [6.45, 7) is 6.17. The van der Waals surface area contributed by atoms with Crippen LogP contribution in [-0.4, -0.2) is 19.2 Å². The zero-order valence-corrected chi connectivity index (χ0v) is 11.0. The van der Waals surface area contributed by atoms with Crippen molar-refractivity contribution >= 4 is 0 Å². The Hall–Kier alpha value is -1.02. The van der Waals surface area contributed by atoms with E-state index in [4.69, 9.17) is 4.74 Å². The lowest BCUT2D eigenvalue weighted by atomic mass is 10.1. The molecule has 17 heavy (non-hydrogen) atoms. The van der Waals surface area contributed by atoms with Crippen LogP contribution in [0.2, 0.25) is 0 Å². The molecule has 0 spiro atoms. The van der Waals surface area contributed by atoms with E-state index >= 15 is 0 Å². The molecule has 0 radical (unpaired) electrons. The minimum atomic E-state index is 0.537. The monoisotopic (exact) mass is 233 g/mol. The maximum Gasteiger partial charge on any atom is 0.119 e. The minimum Gasteiger partial charge on any atom is -0.494 e. The molecule has 1 aliphatic rings. The fraction of sp³-hybridized carbons (Fsp3) is 0.600. The molecule has 1 N–H and O–H groups in total. The molecule has 0 fully saturated rings. The average Bonchev–Trinajstić information content (AvgIpc) is 2.76. The molecule has 0 bridgehead atoms. The maximum atomic E-state index is 5.81. The van der Waals surface area contributed by atoms with E-state index in [0.717, 1.165) is 25.3 Å². The lowest BCUT2D eigenvalue weighted by Crippen LogP contribution is -2.27. The molecule has 0 saturated heterocycles. The predicted molar refractivity (Wildman–Crippen MR) is 71.7 cm³/mol. The van der Waals surface area contributed by atoms with Crippen LogP contribution in [0.15, 0.2) is 18.2 Å². The number of benzene rings is 1. The van der Waals surface area contributed by atoms with Gasteiger partial charge in [0.05, 0.1) is 6.61 Å². The Balaban J connectivity index is 1.79. The smallest absolute Gasteiger partial charge is 0.119 e. The molecule has 1 atom stereocenters. The Morgan fingerprint density at radius 1 is 1.29 bits per heavy atom. The van der Waals surface area contributed by atoms with Gasteiger partial charge in [-0.2, -0.15) is 0 Å². The van der Waals surface area contributed by atoms with E-state index in [1.165, 1.54) is 30.4 Å². The van der Waals surface area contributed by atoms with Gasteiger partial charge in [-0.15, -0.1) is 0 Å². The second kappa shape index (κ2) is 6.06. The summed E-state index contributed by atoms with van der Waals surface area (Å²) in [7, 11) is 0. The van der Waals surface area contributed by atoms with Gasteiger partial charge in [-0.05, 0) is 62.4 Å². The van der Waals surface area contributed by atoms with Crippen molar-refractivity contribution < 1.29 is 4.74 Å². The van der Waals surface area contributed by atoms with Gasteiger partial charge < -0.3 is 10.1 Å². The van der Waals surface area contributed by atoms with E-state index in [2.05, 4.69) is 37.4 Å². The minimum absolute atomic E-state index is 0.537. The number of fused-ring (bicyclic) bond motifs is 1. The van der Waals surface area contributed by atoms with Gasteiger partial charge in [0.15, 0.2) is 0 Å². The van der Waals surface area contributed by atoms with Crippen LogP contribution in [0, 0.1) is 0 Å². The molecule has 2 rings (SSSR count). The number of hydrogen-bond donors (Lipinski definition) is 1. The second-order valence-electron chi connectivity index (χ2n) is 4.88. The highest BCUT2D eigenvalue weighted by atomic mass is 16.5. The molecule has 0 aliphatic heterocycles. The van der Waals surface area contributed by atoms with Gasteiger partial charge in [-0.3, -0.25) is 0 Å². The molecule has 2 nitrogen and oxygen atoms in total. The molecule has 0 saturated carbocycles. The molecular formula is C15H23NO. The summed E-state index contributed by atoms with van der Waals surface area (Å²) < 4.78 is 5.81. The van der Waals surface area contributed by atoms with Crippen LogP contribution in [0.4, 0.5) is 0 Å². The third-order valence-electron chi connectivity index (χ3n) is 3.44. The third kappa shape index (κ3) is 3.47. The van der Waals surface area contributed by atoms with Crippen LogP contribution >= 0.6 is 0 Å². The first-order chi connectivity index (χ1) is 8.29. The van der Waals surface area contributed by atoms with Crippen molar-refractivity contribution in [3.05, 3.63) is 29.3 Å². The SMILES string of the molecule is CCNC(C)CCOc1ccc2c(c1)CCC2. The van der Waals surface area contributed by atoms with Crippen molar-refractivity contribution in [3.63, 3.8) is 0 Å². The van der Waals surface area contributed by atoms with Gasteiger partial charge in [0, 0.05) is 6.04 Å². The molecule has 1 aromatic carbocycles. The molecular weight excluding hydrogens is 210 g/mol. The van der Waals surface area contributed by atoms with Crippen LogP contribution in [0.3, 0.4) is 0 Å². The van der Waals surface area contributed by atoms with E-state index in [0.29, 0.717) is 6.04 Å². The lowest BCUT2D eigenvalue weighted by Gasteiger charge is -2.13. The molecule has 0 aromatic heterocycles. The second-order valence-corrected chi connectivity index (χ2v) is 4.88. The number of aryl methyl sites for hydroxylation is 2. The van der Waals surface area contributed by atoms with Crippen molar-refractivity contribution in [3.8, 4) is 5.75 Å². The quantitative estimate of drug-likeness (QED) is 0.815. The van der Waals surface area contributed by atoms with E-state index in [1.807, 2.05) is 0 Å². The first-order valence-electron chi connectivity index (χ1n) is 6.77. The van der Waals surface area contributed by atoms with Crippen molar-refractivity contribution in [2.75, 3.05) is 13.2 Å². The van der Waals surface area contributed by atoms with Crippen molar-refractivity contribution in [2.24, 2.45) is 0 Å². The molecule has 1 aromatic rings. The summed E-state index contributed by atoms with van der Waals surface area (Å²) in [5.41, 5.74) is 3.00. The number of ether oxygens (including phenoxy) is 1. The van der Waals surface area contributed by atoms with Crippen LogP contribution < -0.4 is 10.1 Å². The summed E-state index contributed by atoms with van der Waals surface area (Å²) in [6, 6.07) is 7.10. The molecule has 1 aliphatic carbocycles. The van der Waals surface area contributed by atoms with E-state index in [1.54, 1.807) is 0 Å². The van der Waals surface area contributed by atoms with Crippen LogP contribution in [-0.2, 0) is 12.8 Å². The Morgan fingerprint density at radius 3 is 2.94 bits per heavy atom. The van der Waals surface area contributed by atoms with Gasteiger partial charge in [0.25, 0.3) is 0 Å². The van der Waals surface area contributed by atoms with Crippen molar-refractivity contribution in [2.45, 2.75) is 45.6 Å². The molecule has 0 amide bonds. The summed E-state index contributed by atoms with van der Waals surface area (Å²) >= 11 is 0. The Kier molecular flexibility index (Phi) is 4.43. The maximum absolute atomic E-state index is 5.81. The normalized spacial score (nSPS) is 15.6. The first-order valence-corrected chi connectivity index (χ1v) is 6.77. The highest BCUT2D eigenvalue weighted by molar-refractivity contribution is 5.38. The largest absolute Gasteiger partial charge is 0.494 e. The Labute approximate surface area is 104 Å². The molecule has 1 unspecified atom stereocenters. The zero-order chi connectivity index (χ0) is 12.1. The van der Waals surface area contributed by atoms with Gasteiger partial charge in [0.1, 0.15) is 5.75 Å². The number of rotatable bonds is 6. The number of hydrogen-bond acceptors (Lipinski definition) is 2. The number of nitrogens with one attached hydrogen (secondary N) is 1. The van der Waals surface area contributed by atoms with Gasteiger partial charge in [-0.25, -0.2) is 0 Å². The highest BCUT2D eigenvalue weighted by Crippen LogP contribution is 2.26. The standard InChI is InChI=1S/C15H23NO/c1-3-16-12(2)9-10-17-15-8-7-13-5-4-6-14(13)11-15/h7-8,11-12,16H,3-6,9-10H2,1-2H3. The summed E-state index contributed by atoms with van der Waals surface area (Å²) in [6.07, 6.45) is 4.83. The van der Waals surface area contributed by atoms with E-state index in [9.17, 15) is 0 Å². The molecule has 2 heteroatoms. The van der Waals surface area contributed by atoms with Crippen LogP contribution in [0.5, 0.6) is 5.75 Å². The lowest BCUT2D eigenvalue weighted by molar-refractivity contribution is 0.291. The van der Waals surface area contributed by atoms with Crippen molar-refractivity contribution in [1.82, 2.24) is 5.32 Å². The molecule has 94 valence electrons. The van der Waals surface area contributed by atoms with Gasteiger partial charge in [0.2, 0.25) is 0 Å². The summed E-state index contributed by atoms with van der Waals surface area (Å²) in [5.74, 6) is 1.04. The van der Waals surface area contributed by atoms with Crippen LogP contribution in [0.25, 0.3) is 0 Å². The average molecular weight is 233 g/mol. The van der Waals surface area contributed by atoms with Gasteiger partial charge >= 0.3 is 0 Å². The summed E-state index contributed by atoms with van der Waals surface area (Å²) in [4.78, 5) is 0. The fourth-order valence-corrected chi connectivity index (χ4v) is 2.44. The topological polar surface area (TPSA) is 21.3 Å². The zero-order valence-electron chi connectivity index (χ0n) is 11.0. The van der Waals surface area contributed by atoms with E-state index < -0.39 is 0 Å². The Bertz CT molecular complexity index is 362. The first kappa shape index (κ1) is 12.4. The van der Waals surface area contributed by atoms with Crippen molar-refractivity contribution in [1.29, 1.82) is 0 Å². The van der Waals surface area contributed by atoms with Gasteiger partial charge in [-0.1, -0.05) is 13.0 Å². The highest BCUT2D eigenvalue weighted by Gasteiger charge is 2.11. The van der Waals surface area contributed by atoms with Crippen LogP contribution in [0.1, 0.15) is 37.8 Å². The van der Waals surface area contributed by atoms with E-state index in [-0.39, 0.29) is 0 Å². The molecule has 0 heterocycles. The summed E-state index contributed by atoms with van der Waals surface area (Å²) in [5, 5.41) is 3.39.